The van der Waals surface area contributed by atoms with E-state index in [9.17, 15) is 0 Å². The van der Waals surface area contributed by atoms with Gasteiger partial charge in [-0.25, -0.2) is 10.1 Å². The van der Waals surface area contributed by atoms with Gasteiger partial charge in [-0.3, -0.25) is 0 Å². The number of nitrogens with two attached hydrogens (primary N) is 1. The molecule has 0 saturated carbocycles. The molecule has 0 aliphatic carbocycles. The number of ether oxygens (including phenoxy) is 2. The zero-order valence-corrected chi connectivity index (χ0v) is 12.4. The van der Waals surface area contributed by atoms with E-state index in [1.807, 2.05) is 12.1 Å². The highest BCUT2D eigenvalue weighted by atomic mass is 79.9. The molecule has 8 nitrogen and oxygen atoms in total. The molecule has 20 heavy (non-hydrogen) atoms. The van der Waals surface area contributed by atoms with Crippen molar-refractivity contribution in [1.29, 1.82) is 0 Å². The number of hydrazone groups is 1. The molecule has 106 valence electrons. The normalized spacial score (nSPS) is 12.4. The molecule has 0 saturated heterocycles. The first kappa shape index (κ1) is 14.4. The number of nitrogens with one attached hydrogen (secondary N) is 1. The van der Waals surface area contributed by atoms with Crippen LogP contribution < -0.4 is 20.7 Å². The maximum Gasteiger partial charge on any atom is 0.263 e. The van der Waals surface area contributed by atoms with Crippen LogP contribution in [0.2, 0.25) is 0 Å². The van der Waals surface area contributed by atoms with Gasteiger partial charge in [0.1, 0.15) is 6.33 Å². The highest BCUT2D eigenvalue weighted by molar-refractivity contribution is 9.10. The number of hydrogen-bond acceptors (Lipinski definition) is 7. The molecule has 2 heterocycles. The van der Waals surface area contributed by atoms with Crippen LogP contribution in [0.3, 0.4) is 0 Å². The van der Waals surface area contributed by atoms with Crippen LogP contribution in [0.5, 0.6) is 11.5 Å². The van der Waals surface area contributed by atoms with Crippen molar-refractivity contribution in [3.8, 4) is 11.5 Å². The molecule has 10 heteroatoms. The minimum Gasteiger partial charge on any atom is -0.454 e. The number of benzene rings is 1. The fourth-order valence-electron chi connectivity index (χ4n) is 1.51. The minimum absolute atomic E-state index is 0. The molecule has 2 aromatic rings. The summed E-state index contributed by atoms with van der Waals surface area (Å²) in [7, 11) is 0. The van der Waals surface area contributed by atoms with E-state index in [1.54, 1.807) is 6.21 Å². The molecule has 0 spiro atoms. The minimum atomic E-state index is 0. The Labute approximate surface area is 128 Å². The molecule has 0 atom stereocenters. The molecular formula is C10H10BrClN6O2. The van der Waals surface area contributed by atoms with Gasteiger partial charge in [-0.05, 0) is 28.1 Å². The zero-order chi connectivity index (χ0) is 13.2. The lowest BCUT2D eigenvalue weighted by atomic mass is 10.2. The summed E-state index contributed by atoms with van der Waals surface area (Å²) in [6.45, 7) is 0.233. The summed E-state index contributed by atoms with van der Waals surface area (Å²) in [4.78, 5) is 0. The van der Waals surface area contributed by atoms with E-state index < -0.39 is 0 Å². The van der Waals surface area contributed by atoms with Gasteiger partial charge in [0.05, 0.1) is 6.21 Å². The number of nitrogens with zero attached hydrogens (tertiary/aromatic N) is 4. The van der Waals surface area contributed by atoms with E-state index in [-0.39, 0.29) is 19.2 Å². The first-order valence-electron chi connectivity index (χ1n) is 5.27. The zero-order valence-electron chi connectivity index (χ0n) is 9.99. The number of nitrogen functional groups attached to an aromatic ring is 1. The summed E-state index contributed by atoms with van der Waals surface area (Å²) in [5.41, 5.74) is 3.51. The van der Waals surface area contributed by atoms with Gasteiger partial charge in [0, 0.05) is 10.0 Å². The summed E-state index contributed by atoms with van der Waals surface area (Å²) in [6, 6.07) is 3.65. The molecular weight excluding hydrogens is 352 g/mol. The van der Waals surface area contributed by atoms with Crippen LogP contribution in [-0.2, 0) is 0 Å². The lowest BCUT2D eigenvalue weighted by Gasteiger charge is -2.02. The van der Waals surface area contributed by atoms with Crippen LogP contribution in [0, 0.1) is 0 Å². The fraction of sp³-hybridized carbons (Fsp3) is 0.100. The van der Waals surface area contributed by atoms with Crippen LogP contribution >= 0.6 is 28.3 Å². The largest absolute Gasteiger partial charge is 0.454 e. The van der Waals surface area contributed by atoms with Gasteiger partial charge in [-0.15, -0.1) is 22.6 Å². The highest BCUT2D eigenvalue weighted by Gasteiger charge is 2.15. The van der Waals surface area contributed by atoms with E-state index in [0.717, 1.165) is 10.0 Å². The second-order valence-corrected chi connectivity index (χ2v) is 4.51. The third kappa shape index (κ3) is 2.78. The first-order valence-corrected chi connectivity index (χ1v) is 6.06. The predicted octanol–water partition coefficient (Wildman–Crippen LogP) is 1.35. The average molecular weight is 362 g/mol. The number of hydrogen-bond donors (Lipinski definition) is 2. The Morgan fingerprint density at radius 2 is 2.15 bits per heavy atom. The van der Waals surface area contributed by atoms with Crippen molar-refractivity contribution in [2.45, 2.75) is 0 Å². The molecule has 3 rings (SSSR count). The quantitative estimate of drug-likeness (QED) is 0.486. The number of aromatic nitrogens is 3. The van der Waals surface area contributed by atoms with Crippen molar-refractivity contribution < 1.29 is 9.47 Å². The third-order valence-electron chi connectivity index (χ3n) is 2.43. The molecule has 1 aromatic heterocycles. The maximum atomic E-state index is 5.53. The van der Waals surface area contributed by atoms with Crippen molar-refractivity contribution in [2.24, 2.45) is 5.10 Å². The van der Waals surface area contributed by atoms with Gasteiger partial charge >= 0.3 is 0 Å². The maximum absolute atomic E-state index is 5.53. The van der Waals surface area contributed by atoms with Gasteiger partial charge in [0.25, 0.3) is 5.95 Å². The molecule has 0 radical (unpaired) electrons. The van der Waals surface area contributed by atoms with Crippen molar-refractivity contribution in [2.75, 3.05) is 18.1 Å². The average Bonchev–Trinajstić information content (AvgIpc) is 2.99. The van der Waals surface area contributed by atoms with Gasteiger partial charge in [0.2, 0.25) is 6.79 Å². The number of halogens is 2. The summed E-state index contributed by atoms with van der Waals surface area (Å²) in [5, 5.41) is 11.4. The third-order valence-corrected chi connectivity index (χ3v) is 3.12. The van der Waals surface area contributed by atoms with E-state index in [2.05, 4.69) is 36.7 Å². The van der Waals surface area contributed by atoms with Gasteiger partial charge in [-0.1, -0.05) is 0 Å². The standard InChI is InChI=1S/C10H9BrN6O2.ClH/c11-7-2-9-8(18-5-19-9)1-6(7)3-13-15-10-16-14-4-17(10)12;/h1-4H,5,12H2,(H,15,16);1H. The van der Waals surface area contributed by atoms with E-state index in [0.29, 0.717) is 17.4 Å². The smallest absolute Gasteiger partial charge is 0.263 e. The Morgan fingerprint density at radius 3 is 2.85 bits per heavy atom. The summed E-state index contributed by atoms with van der Waals surface area (Å²) in [6.07, 6.45) is 2.98. The van der Waals surface area contributed by atoms with Gasteiger partial charge in [-0.2, -0.15) is 5.10 Å². The number of rotatable bonds is 3. The van der Waals surface area contributed by atoms with Gasteiger partial charge in [0.15, 0.2) is 11.5 Å². The van der Waals surface area contributed by atoms with E-state index in [1.165, 1.54) is 11.0 Å². The summed E-state index contributed by atoms with van der Waals surface area (Å²) < 4.78 is 12.6. The molecule has 0 unspecified atom stereocenters. The second-order valence-electron chi connectivity index (χ2n) is 3.66. The molecule has 0 bridgehead atoms. The Hall–Kier alpha value is -2.00. The Morgan fingerprint density at radius 1 is 1.40 bits per heavy atom. The van der Waals surface area contributed by atoms with Crippen molar-refractivity contribution in [3.05, 3.63) is 28.5 Å². The fourth-order valence-corrected chi connectivity index (χ4v) is 1.94. The lowest BCUT2D eigenvalue weighted by Crippen LogP contribution is -2.10. The first-order chi connectivity index (χ1) is 9.24. The van der Waals surface area contributed by atoms with Gasteiger partial charge < -0.3 is 15.3 Å². The Bertz CT molecular complexity index is 647. The van der Waals surface area contributed by atoms with Crippen LogP contribution in [0.25, 0.3) is 0 Å². The number of anilines is 1. The summed E-state index contributed by atoms with van der Waals surface area (Å²) >= 11 is 3.43. The van der Waals surface area contributed by atoms with Crippen LogP contribution in [0.1, 0.15) is 5.56 Å². The second kappa shape index (κ2) is 5.97. The van der Waals surface area contributed by atoms with Crippen molar-refractivity contribution in [3.63, 3.8) is 0 Å². The SMILES string of the molecule is Cl.Nn1cnnc1NN=Cc1cc2c(cc1Br)OCO2. The van der Waals surface area contributed by atoms with Crippen molar-refractivity contribution in [1.82, 2.24) is 14.9 Å². The highest BCUT2D eigenvalue weighted by Crippen LogP contribution is 2.36. The monoisotopic (exact) mass is 360 g/mol. The molecule has 3 N–H and O–H groups in total. The predicted molar refractivity (Wildman–Crippen MR) is 78.9 cm³/mol. The lowest BCUT2D eigenvalue weighted by molar-refractivity contribution is 0.174. The molecule has 1 aliphatic heterocycles. The molecule has 1 aromatic carbocycles. The molecule has 0 amide bonds. The van der Waals surface area contributed by atoms with Crippen LogP contribution in [0.15, 0.2) is 28.0 Å². The molecule has 1 aliphatic rings. The number of fused-ring (bicyclic) bond motifs is 1. The Balaban J connectivity index is 0.00000147. The van der Waals surface area contributed by atoms with E-state index in [4.69, 9.17) is 15.3 Å². The van der Waals surface area contributed by atoms with Crippen molar-refractivity contribution >= 4 is 40.5 Å². The molecule has 0 fully saturated rings. The topological polar surface area (TPSA) is 99.6 Å². The van der Waals surface area contributed by atoms with Crippen LogP contribution in [-0.4, -0.2) is 27.9 Å². The van der Waals surface area contributed by atoms with E-state index >= 15 is 0 Å². The Kier molecular flexibility index (Phi) is 4.30. The van der Waals surface area contributed by atoms with Crippen LogP contribution in [0.4, 0.5) is 5.95 Å². The summed E-state index contributed by atoms with van der Waals surface area (Å²) in [5.74, 6) is 7.27.